The van der Waals surface area contributed by atoms with Crippen molar-refractivity contribution in [2.75, 3.05) is 7.11 Å². The van der Waals surface area contributed by atoms with E-state index in [9.17, 15) is 4.39 Å². The molecule has 0 aromatic carbocycles. The van der Waals surface area contributed by atoms with Gasteiger partial charge in [-0.3, -0.25) is 0 Å². The SMILES string of the molecule is COc1ncnc(-c2nnc(C)o2)c1F. The Morgan fingerprint density at radius 2 is 2.13 bits per heavy atom. The molecule has 0 atom stereocenters. The summed E-state index contributed by atoms with van der Waals surface area (Å²) in [5, 5.41) is 7.22. The molecule has 2 aromatic heterocycles. The van der Waals surface area contributed by atoms with Crippen molar-refractivity contribution in [1.29, 1.82) is 0 Å². The Balaban J connectivity index is 2.53. The van der Waals surface area contributed by atoms with Gasteiger partial charge < -0.3 is 9.15 Å². The van der Waals surface area contributed by atoms with Crippen LogP contribution in [0.3, 0.4) is 0 Å². The first-order chi connectivity index (χ1) is 7.22. The zero-order chi connectivity index (χ0) is 10.8. The lowest BCUT2D eigenvalue weighted by Crippen LogP contribution is -1.97. The third kappa shape index (κ3) is 1.63. The van der Waals surface area contributed by atoms with Crippen LogP contribution in [0.25, 0.3) is 11.6 Å². The molecular weight excluding hydrogens is 203 g/mol. The molecule has 6 nitrogen and oxygen atoms in total. The maximum atomic E-state index is 13.6. The number of hydrogen-bond acceptors (Lipinski definition) is 6. The second-order valence-corrected chi connectivity index (χ2v) is 2.67. The number of aromatic nitrogens is 4. The van der Waals surface area contributed by atoms with Gasteiger partial charge in [0.05, 0.1) is 7.11 Å². The van der Waals surface area contributed by atoms with Gasteiger partial charge in [-0.05, 0) is 0 Å². The molecule has 0 radical (unpaired) electrons. The second-order valence-electron chi connectivity index (χ2n) is 2.67. The van der Waals surface area contributed by atoms with Crippen molar-refractivity contribution in [3.05, 3.63) is 18.0 Å². The lowest BCUT2D eigenvalue weighted by atomic mass is 10.4. The van der Waals surface area contributed by atoms with E-state index in [1.54, 1.807) is 6.92 Å². The Bertz CT molecular complexity index is 485. The average Bonchev–Trinajstić information content (AvgIpc) is 2.65. The topological polar surface area (TPSA) is 73.9 Å². The van der Waals surface area contributed by atoms with E-state index in [2.05, 4.69) is 20.2 Å². The molecule has 2 heterocycles. The van der Waals surface area contributed by atoms with E-state index in [1.165, 1.54) is 7.11 Å². The van der Waals surface area contributed by atoms with Crippen LogP contribution in [0.5, 0.6) is 5.88 Å². The number of halogens is 1. The van der Waals surface area contributed by atoms with Gasteiger partial charge in [-0.1, -0.05) is 0 Å². The molecule has 0 saturated heterocycles. The first kappa shape index (κ1) is 9.50. The number of methoxy groups -OCH3 is 1. The number of nitrogens with zero attached hydrogens (tertiary/aromatic N) is 4. The summed E-state index contributed by atoms with van der Waals surface area (Å²) >= 11 is 0. The maximum Gasteiger partial charge on any atom is 0.269 e. The summed E-state index contributed by atoms with van der Waals surface area (Å²) in [5.74, 6) is -0.535. The molecule has 0 amide bonds. The van der Waals surface area contributed by atoms with Gasteiger partial charge in [0.15, 0.2) is 5.69 Å². The highest BCUT2D eigenvalue weighted by molar-refractivity contribution is 5.48. The molecule has 0 unspecified atom stereocenters. The molecule has 0 spiro atoms. The number of aryl methyl sites for hydroxylation is 1. The van der Waals surface area contributed by atoms with Crippen molar-refractivity contribution < 1.29 is 13.5 Å². The fourth-order valence-corrected chi connectivity index (χ4v) is 1.04. The first-order valence-corrected chi connectivity index (χ1v) is 4.07. The molecule has 0 aliphatic rings. The van der Waals surface area contributed by atoms with Crippen molar-refractivity contribution in [3.8, 4) is 17.5 Å². The van der Waals surface area contributed by atoms with Crippen LogP contribution < -0.4 is 4.74 Å². The summed E-state index contributed by atoms with van der Waals surface area (Å²) in [4.78, 5) is 7.30. The molecule has 2 aromatic rings. The van der Waals surface area contributed by atoms with E-state index in [-0.39, 0.29) is 17.5 Å². The van der Waals surface area contributed by atoms with Crippen LogP contribution in [0.1, 0.15) is 5.89 Å². The Hall–Kier alpha value is -2.05. The average molecular weight is 210 g/mol. The largest absolute Gasteiger partial charge is 0.479 e. The standard InChI is InChI=1S/C8H7FN4O2/c1-4-12-13-8(15-4)6-5(9)7(14-2)11-3-10-6/h3H,1-2H3. The molecule has 0 fully saturated rings. The summed E-state index contributed by atoms with van der Waals surface area (Å²) < 4.78 is 23.3. The van der Waals surface area contributed by atoms with Gasteiger partial charge in [0.1, 0.15) is 6.33 Å². The van der Waals surface area contributed by atoms with E-state index in [4.69, 9.17) is 9.15 Å². The van der Waals surface area contributed by atoms with Crippen molar-refractivity contribution >= 4 is 0 Å². The minimum atomic E-state index is -0.719. The van der Waals surface area contributed by atoms with Gasteiger partial charge in [-0.2, -0.15) is 9.37 Å². The van der Waals surface area contributed by atoms with Crippen LogP contribution in [-0.2, 0) is 0 Å². The molecular formula is C8H7FN4O2. The molecule has 2 rings (SSSR count). The van der Waals surface area contributed by atoms with Crippen LogP contribution in [0, 0.1) is 12.7 Å². The molecule has 0 bridgehead atoms. The Labute approximate surface area is 84.1 Å². The summed E-state index contributed by atoms with van der Waals surface area (Å²) in [6.45, 7) is 1.60. The van der Waals surface area contributed by atoms with E-state index in [0.29, 0.717) is 5.89 Å². The van der Waals surface area contributed by atoms with Crippen LogP contribution in [0.4, 0.5) is 4.39 Å². The van der Waals surface area contributed by atoms with Crippen molar-refractivity contribution in [3.63, 3.8) is 0 Å². The van der Waals surface area contributed by atoms with E-state index < -0.39 is 5.82 Å². The number of hydrogen-bond donors (Lipinski definition) is 0. The summed E-state index contributed by atoms with van der Waals surface area (Å²) in [7, 11) is 1.31. The van der Waals surface area contributed by atoms with Gasteiger partial charge in [-0.25, -0.2) is 4.98 Å². The fraction of sp³-hybridized carbons (Fsp3) is 0.250. The molecule has 0 N–H and O–H groups in total. The maximum absolute atomic E-state index is 13.6. The third-order valence-corrected chi connectivity index (χ3v) is 1.68. The predicted octanol–water partition coefficient (Wildman–Crippen LogP) is 0.983. The van der Waals surface area contributed by atoms with Crippen LogP contribution in [0.2, 0.25) is 0 Å². The Kier molecular flexibility index (Phi) is 2.28. The van der Waals surface area contributed by atoms with Crippen LogP contribution in [-0.4, -0.2) is 27.3 Å². The lowest BCUT2D eigenvalue weighted by molar-refractivity contribution is 0.367. The quantitative estimate of drug-likeness (QED) is 0.735. The monoisotopic (exact) mass is 210 g/mol. The number of ether oxygens (including phenoxy) is 1. The van der Waals surface area contributed by atoms with E-state index >= 15 is 0 Å². The normalized spacial score (nSPS) is 10.3. The summed E-state index contributed by atoms with van der Waals surface area (Å²) in [5.41, 5.74) is -0.0672. The minimum absolute atomic E-state index is 0.00528. The number of rotatable bonds is 2. The molecule has 15 heavy (non-hydrogen) atoms. The minimum Gasteiger partial charge on any atom is -0.479 e. The van der Waals surface area contributed by atoms with Gasteiger partial charge in [-0.15, -0.1) is 10.2 Å². The van der Waals surface area contributed by atoms with Crippen molar-refractivity contribution in [2.45, 2.75) is 6.92 Å². The van der Waals surface area contributed by atoms with Gasteiger partial charge in [0.25, 0.3) is 11.8 Å². The van der Waals surface area contributed by atoms with E-state index in [0.717, 1.165) is 6.33 Å². The van der Waals surface area contributed by atoms with E-state index in [1.807, 2.05) is 0 Å². The highest BCUT2D eigenvalue weighted by Crippen LogP contribution is 2.23. The van der Waals surface area contributed by atoms with Crippen LogP contribution >= 0.6 is 0 Å². The van der Waals surface area contributed by atoms with Crippen LogP contribution in [0.15, 0.2) is 10.7 Å². The lowest BCUT2D eigenvalue weighted by Gasteiger charge is -2.01. The second kappa shape index (κ2) is 3.60. The van der Waals surface area contributed by atoms with Crippen molar-refractivity contribution in [2.24, 2.45) is 0 Å². The zero-order valence-corrected chi connectivity index (χ0v) is 8.06. The smallest absolute Gasteiger partial charge is 0.269 e. The Morgan fingerprint density at radius 3 is 2.73 bits per heavy atom. The highest BCUT2D eigenvalue weighted by Gasteiger charge is 2.17. The highest BCUT2D eigenvalue weighted by atomic mass is 19.1. The Morgan fingerprint density at radius 1 is 1.33 bits per heavy atom. The third-order valence-electron chi connectivity index (χ3n) is 1.68. The molecule has 7 heteroatoms. The van der Waals surface area contributed by atoms with Crippen molar-refractivity contribution in [1.82, 2.24) is 20.2 Å². The molecule has 0 aliphatic heterocycles. The zero-order valence-electron chi connectivity index (χ0n) is 8.06. The van der Waals surface area contributed by atoms with Gasteiger partial charge in [0, 0.05) is 6.92 Å². The van der Waals surface area contributed by atoms with Gasteiger partial charge in [0.2, 0.25) is 11.7 Å². The fourth-order valence-electron chi connectivity index (χ4n) is 1.04. The molecule has 78 valence electrons. The molecule has 0 saturated carbocycles. The predicted molar refractivity (Wildman–Crippen MR) is 46.6 cm³/mol. The first-order valence-electron chi connectivity index (χ1n) is 4.07. The molecule has 0 aliphatic carbocycles. The summed E-state index contributed by atoms with van der Waals surface area (Å²) in [6, 6.07) is 0. The summed E-state index contributed by atoms with van der Waals surface area (Å²) in [6.07, 6.45) is 1.16. The van der Waals surface area contributed by atoms with Gasteiger partial charge >= 0.3 is 0 Å².